The summed E-state index contributed by atoms with van der Waals surface area (Å²) < 4.78 is 27.3. The van der Waals surface area contributed by atoms with Crippen molar-refractivity contribution in [2.45, 2.75) is 30.3 Å². The smallest absolute Gasteiger partial charge is 0.243 e. The Balaban J connectivity index is 1.24. The lowest BCUT2D eigenvalue weighted by Crippen LogP contribution is -2.61. The molecule has 0 unspecified atom stereocenters. The molecule has 1 N–H and O–H groups in total. The number of halogens is 2. The fourth-order valence-electron chi connectivity index (χ4n) is 3.73. The summed E-state index contributed by atoms with van der Waals surface area (Å²) in [5, 5.41) is 2.25. The van der Waals surface area contributed by atoms with Crippen LogP contribution in [0.15, 0.2) is 34.5 Å². The number of nitrogens with one attached hydrogen (secondary N) is 1. The molecule has 1 saturated heterocycles. The number of carbonyl (C=O) groups is 1. The van der Waals surface area contributed by atoms with Crippen LogP contribution in [0.3, 0.4) is 0 Å². The van der Waals surface area contributed by atoms with Crippen LogP contribution in [0.5, 0.6) is 0 Å². The minimum atomic E-state index is -3.87. The standard InChI is InChI=1S/C19H21Cl2N3O3S2/c20-15-2-1-3-16(21)19(15)29(26,27)22-7-4-18(25)24-11-14(12-24)23-8-5-17-13(10-23)6-9-28-17/h1-3,6,9,14,22H,4-5,7-8,10-12H2. The first-order chi connectivity index (χ1) is 13.8. The van der Waals surface area contributed by atoms with Gasteiger partial charge in [-0.3, -0.25) is 9.69 Å². The Kier molecular flexibility index (Phi) is 6.20. The Morgan fingerprint density at radius 3 is 2.66 bits per heavy atom. The van der Waals surface area contributed by atoms with Crippen LogP contribution in [-0.4, -0.2) is 56.3 Å². The van der Waals surface area contributed by atoms with Crippen molar-refractivity contribution in [2.75, 3.05) is 26.2 Å². The SMILES string of the molecule is O=C(CCNS(=O)(=O)c1c(Cl)cccc1Cl)N1CC(N2CCc3sccc3C2)C1. The fraction of sp³-hybridized carbons (Fsp3) is 0.421. The Hall–Kier alpha value is -1.16. The second kappa shape index (κ2) is 8.53. The average molecular weight is 474 g/mol. The van der Waals surface area contributed by atoms with E-state index in [4.69, 9.17) is 23.2 Å². The van der Waals surface area contributed by atoms with Gasteiger partial charge in [0.2, 0.25) is 15.9 Å². The molecule has 0 spiro atoms. The second-order valence-corrected chi connectivity index (χ2v) is 10.8. The molecule has 1 fully saturated rings. The molecule has 0 radical (unpaired) electrons. The zero-order chi connectivity index (χ0) is 20.6. The molecule has 10 heteroatoms. The van der Waals surface area contributed by atoms with Crippen LogP contribution in [0.1, 0.15) is 16.9 Å². The summed E-state index contributed by atoms with van der Waals surface area (Å²) in [4.78, 5) is 17.9. The number of hydrogen-bond donors (Lipinski definition) is 1. The Morgan fingerprint density at radius 2 is 1.93 bits per heavy atom. The molecule has 2 aliphatic rings. The first kappa shape index (κ1) is 21.1. The van der Waals surface area contributed by atoms with Crippen molar-refractivity contribution in [1.82, 2.24) is 14.5 Å². The predicted octanol–water partition coefficient (Wildman–Crippen LogP) is 2.99. The van der Waals surface area contributed by atoms with E-state index in [2.05, 4.69) is 21.1 Å². The zero-order valence-corrected chi connectivity index (χ0v) is 18.8. The maximum atomic E-state index is 12.4. The van der Waals surface area contributed by atoms with Crippen molar-refractivity contribution in [3.8, 4) is 0 Å². The number of sulfonamides is 1. The molecule has 4 rings (SSSR count). The monoisotopic (exact) mass is 473 g/mol. The molecule has 1 amide bonds. The molecule has 2 aliphatic heterocycles. The van der Waals surface area contributed by atoms with Gasteiger partial charge in [0.1, 0.15) is 4.90 Å². The normalized spacial score (nSPS) is 17.8. The van der Waals surface area contributed by atoms with Gasteiger partial charge in [-0.25, -0.2) is 13.1 Å². The van der Waals surface area contributed by atoms with Crippen molar-refractivity contribution in [1.29, 1.82) is 0 Å². The van der Waals surface area contributed by atoms with Gasteiger partial charge in [0.05, 0.1) is 10.0 Å². The molecular weight excluding hydrogens is 453 g/mol. The molecule has 0 atom stereocenters. The maximum Gasteiger partial charge on any atom is 0.243 e. The number of benzene rings is 1. The molecule has 3 heterocycles. The quantitative estimate of drug-likeness (QED) is 0.699. The van der Waals surface area contributed by atoms with Gasteiger partial charge < -0.3 is 4.90 Å². The van der Waals surface area contributed by atoms with Crippen molar-refractivity contribution >= 4 is 50.5 Å². The molecule has 0 saturated carbocycles. The fourth-order valence-corrected chi connectivity index (χ4v) is 6.79. The van der Waals surface area contributed by atoms with Gasteiger partial charge in [0.25, 0.3) is 0 Å². The number of thiophene rings is 1. The van der Waals surface area contributed by atoms with Gasteiger partial charge in [0, 0.05) is 50.1 Å². The number of likely N-dealkylation sites (tertiary alicyclic amines) is 1. The van der Waals surface area contributed by atoms with E-state index in [-0.39, 0.29) is 33.8 Å². The average Bonchev–Trinajstić information content (AvgIpc) is 3.07. The molecule has 1 aromatic heterocycles. The molecule has 6 nitrogen and oxygen atoms in total. The highest BCUT2D eigenvalue weighted by Gasteiger charge is 2.36. The number of carbonyl (C=O) groups excluding carboxylic acids is 1. The van der Waals surface area contributed by atoms with Gasteiger partial charge in [0.15, 0.2) is 0 Å². The van der Waals surface area contributed by atoms with E-state index < -0.39 is 10.0 Å². The van der Waals surface area contributed by atoms with Gasteiger partial charge in [-0.1, -0.05) is 29.3 Å². The van der Waals surface area contributed by atoms with E-state index >= 15 is 0 Å². The molecular formula is C19H21Cl2N3O3S2. The third kappa shape index (κ3) is 4.47. The van der Waals surface area contributed by atoms with Crippen LogP contribution >= 0.6 is 34.5 Å². The number of amides is 1. The van der Waals surface area contributed by atoms with E-state index in [1.54, 1.807) is 11.0 Å². The Labute approximate surface area is 184 Å². The summed E-state index contributed by atoms with van der Waals surface area (Å²) in [6.45, 7) is 3.37. The van der Waals surface area contributed by atoms with Crippen molar-refractivity contribution in [2.24, 2.45) is 0 Å². The third-order valence-electron chi connectivity index (χ3n) is 5.39. The van der Waals surface area contributed by atoms with E-state index in [1.165, 1.54) is 22.6 Å². The van der Waals surface area contributed by atoms with Crippen LogP contribution < -0.4 is 4.72 Å². The number of nitrogens with zero attached hydrogens (tertiary/aromatic N) is 2. The van der Waals surface area contributed by atoms with Crippen molar-refractivity contribution in [3.63, 3.8) is 0 Å². The molecule has 1 aromatic carbocycles. The van der Waals surface area contributed by atoms with Crippen molar-refractivity contribution in [3.05, 3.63) is 50.1 Å². The summed E-state index contributed by atoms with van der Waals surface area (Å²) in [6.07, 6.45) is 1.17. The topological polar surface area (TPSA) is 69.7 Å². The lowest BCUT2D eigenvalue weighted by Gasteiger charge is -2.46. The first-order valence-electron chi connectivity index (χ1n) is 9.36. The lowest BCUT2D eigenvalue weighted by molar-refractivity contribution is -0.138. The van der Waals surface area contributed by atoms with Crippen LogP contribution in [-0.2, 0) is 27.8 Å². The summed E-state index contributed by atoms with van der Waals surface area (Å²) in [5.74, 6) is -0.0533. The number of fused-ring (bicyclic) bond motifs is 1. The predicted molar refractivity (Wildman–Crippen MR) is 115 cm³/mol. The van der Waals surface area contributed by atoms with Crippen LogP contribution in [0, 0.1) is 0 Å². The van der Waals surface area contributed by atoms with Crippen LogP contribution in [0.4, 0.5) is 0 Å². The molecule has 2 aromatic rings. The molecule has 156 valence electrons. The van der Waals surface area contributed by atoms with E-state index in [9.17, 15) is 13.2 Å². The van der Waals surface area contributed by atoms with E-state index in [0.29, 0.717) is 19.1 Å². The summed E-state index contributed by atoms with van der Waals surface area (Å²) >= 11 is 13.8. The highest BCUT2D eigenvalue weighted by Crippen LogP contribution is 2.29. The highest BCUT2D eigenvalue weighted by molar-refractivity contribution is 7.89. The summed E-state index contributed by atoms with van der Waals surface area (Å²) in [7, 11) is -3.87. The van der Waals surface area contributed by atoms with Gasteiger partial charge in [-0.2, -0.15) is 0 Å². The number of hydrogen-bond acceptors (Lipinski definition) is 5. The second-order valence-electron chi connectivity index (χ2n) is 7.24. The van der Waals surface area contributed by atoms with Crippen LogP contribution in [0.2, 0.25) is 10.0 Å². The summed E-state index contributed by atoms with van der Waals surface area (Å²) in [6, 6.07) is 7.07. The van der Waals surface area contributed by atoms with E-state index in [0.717, 1.165) is 19.5 Å². The Bertz CT molecular complexity index is 999. The molecule has 0 aliphatic carbocycles. The lowest BCUT2D eigenvalue weighted by atomic mass is 10.0. The number of rotatable bonds is 6. The first-order valence-corrected chi connectivity index (χ1v) is 12.5. The highest BCUT2D eigenvalue weighted by atomic mass is 35.5. The molecule has 29 heavy (non-hydrogen) atoms. The Morgan fingerprint density at radius 1 is 1.21 bits per heavy atom. The van der Waals surface area contributed by atoms with Gasteiger partial charge in [-0.05, 0) is 35.6 Å². The van der Waals surface area contributed by atoms with Gasteiger partial charge in [-0.15, -0.1) is 11.3 Å². The van der Waals surface area contributed by atoms with Gasteiger partial charge >= 0.3 is 0 Å². The molecule has 0 bridgehead atoms. The van der Waals surface area contributed by atoms with E-state index in [1.807, 2.05) is 11.3 Å². The largest absolute Gasteiger partial charge is 0.339 e. The van der Waals surface area contributed by atoms with Crippen LogP contribution in [0.25, 0.3) is 0 Å². The maximum absolute atomic E-state index is 12.4. The third-order valence-corrected chi connectivity index (χ3v) is 8.83. The minimum Gasteiger partial charge on any atom is -0.339 e. The minimum absolute atomic E-state index is 0.00582. The van der Waals surface area contributed by atoms with Crippen molar-refractivity contribution < 1.29 is 13.2 Å². The zero-order valence-electron chi connectivity index (χ0n) is 15.6. The summed E-state index contributed by atoms with van der Waals surface area (Å²) in [5.41, 5.74) is 1.40.